The van der Waals surface area contributed by atoms with E-state index in [0.717, 1.165) is 5.75 Å². The van der Waals surface area contributed by atoms with E-state index in [2.05, 4.69) is 5.32 Å². The monoisotopic (exact) mass is 248 g/mol. The fourth-order valence-electron chi connectivity index (χ4n) is 1.99. The van der Waals surface area contributed by atoms with E-state index in [-0.39, 0.29) is 18.2 Å². The van der Waals surface area contributed by atoms with Gasteiger partial charge in [0, 0.05) is 0 Å². The number of amides is 2. The highest BCUT2D eigenvalue weighted by atomic mass is 16.5. The van der Waals surface area contributed by atoms with Gasteiger partial charge >= 0.3 is 0 Å². The number of carbonyl (C=O) groups excluding carboxylic acids is 2. The molecule has 1 N–H and O–H groups in total. The van der Waals surface area contributed by atoms with Crippen molar-refractivity contribution in [2.24, 2.45) is 0 Å². The molecule has 1 fully saturated rings. The van der Waals surface area contributed by atoms with Crippen LogP contribution in [0.25, 0.3) is 0 Å². The predicted octanol–water partition coefficient (Wildman–Crippen LogP) is 0.937. The molecule has 1 aliphatic heterocycles. The molecule has 0 unspecified atom stereocenters. The third kappa shape index (κ3) is 2.22. The molecule has 0 aliphatic carbocycles. The van der Waals surface area contributed by atoms with Crippen molar-refractivity contribution in [1.82, 2.24) is 5.32 Å². The molecule has 96 valence electrons. The Morgan fingerprint density at radius 3 is 2.50 bits per heavy atom. The zero-order chi connectivity index (χ0) is 13.1. The Morgan fingerprint density at radius 1 is 1.33 bits per heavy atom. The Labute approximate surface area is 106 Å². The van der Waals surface area contributed by atoms with E-state index in [1.807, 2.05) is 6.92 Å². The van der Waals surface area contributed by atoms with Gasteiger partial charge in [0.15, 0.2) is 0 Å². The van der Waals surface area contributed by atoms with Crippen LogP contribution in [0, 0.1) is 0 Å². The number of hydrogen-bond acceptors (Lipinski definition) is 4. The molecule has 1 aromatic rings. The highest BCUT2D eigenvalue weighted by Crippen LogP contribution is 2.24. The molecule has 0 saturated carbocycles. The lowest BCUT2D eigenvalue weighted by Crippen LogP contribution is -2.37. The van der Waals surface area contributed by atoms with E-state index >= 15 is 0 Å². The molecule has 5 heteroatoms. The van der Waals surface area contributed by atoms with Gasteiger partial charge in [0.2, 0.25) is 5.91 Å². The molecular formula is C13H16N2O3. The number of nitrogens with zero attached hydrogens (tertiary/aromatic N) is 1. The van der Waals surface area contributed by atoms with Crippen LogP contribution >= 0.6 is 0 Å². The lowest BCUT2D eigenvalue weighted by atomic mass is 10.2. The molecule has 1 aromatic carbocycles. The maximum Gasteiger partial charge on any atom is 0.251 e. The van der Waals surface area contributed by atoms with Crippen LogP contribution in [-0.2, 0) is 9.59 Å². The number of hydrogen-bond donors (Lipinski definition) is 1. The van der Waals surface area contributed by atoms with Crippen LogP contribution in [0.1, 0.15) is 13.3 Å². The van der Waals surface area contributed by atoms with Crippen molar-refractivity contribution in [3.63, 3.8) is 0 Å². The minimum atomic E-state index is -0.413. The summed E-state index contributed by atoms with van der Waals surface area (Å²) in [6.45, 7) is 2.49. The minimum absolute atomic E-state index is 0.177. The van der Waals surface area contributed by atoms with E-state index in [0.29, 0.717) is 12.3 Å². The second kappa shape index (κ2) is 5.18. The summed E-state index contributed by atoms with van der Waals surface area (Å²) in [5, 5.41) is 2.84. The van der Waals surface area contributed by atoms with Crippen LogP contribution in [0.5, 0.6) is 5.75 Å². The number of imide groups is 1. The molecule has 2 amide bonds. The molecule has 1 heterocycles. The van der Waals surface area contributed by atoms with Crippen molar-refractivity contribution in [3.8, 4) is 5.75 Å². The molecule has 2 rings (SSSR count). The highest BCUT2D eigenvalue weighted by Gasteiger charge is 2.38. The molecule has 0 spiro atoms. The van der Waals surface area contributed by atoms with Crippen molar-refractivity contribution >= 4 is 17.5 Å². The third-order valence-corrected chi connectivity index (χ3v) is 2.90. The van der Waals surface area contributed by atoms with Gasteiger partial charge in [-0.1, -0.05) is 0 Å². The normalized spacial score (nSPS) is 19.4. The summed E-state index contributed by atoms with van der Waals surface area (Å²) in [5.74, 6) is 0.348. The molecule has 1 aliphatic rings. The first-order chi connectivity index (χ1) is 8.67. The molecule has 18 heavy (non-hydrogen) atoms. The first kappa shape index (κ1) is 12.6. The van der Waals surface area contributed by atoms with E-state index in [1.54, 1.807) is 31.3 Å². The number of anilines is 1. The maximum atomic E-state index is 12.0. The molecule has 5 nitrogen and oxygen atoms in total. The van der Waals surface area contributed by atoms with Crippen LogP contribution in [-0.4, -0.2) is 31.5 Å². The van der Waals surface area contributed by atoms with Crippen LogP contribution < -0.4 is 15.0 Å². The van der Waals surface area contributed by atoms with E-state index < -0.39 is 6.04 Å². The number of rotatable bonds is 4. The van der Waals surface area contributed by atoms with Crippen molar-refractivity contribution in [2.45, 2.75) is 19.4 Å². The van der Waals surface area contributed by atoms with Crippen molar-refractivity contribution in [1.29, 1.82) is 0 Å². The Kier molecular flexibility index (Phi) is 3.62. The van der Waals surface area contributed by atoms with Gasteiger partial charge in [-0.3, -0.25) is 9.59 Å². The van der Waals surface area contributed by atoms with Gasteiger partial charge in [-0.25, -0.2) is 4.90 Å². The van der Waals surface area contributed by atoms with Crippen molar-refractivity contribution < 1.29 is 14.3 Å². The number of ether oxygens (including phenoxy) is 1. The Hall–Kier alpha value is -1.88. The second-order valence-electron chi connectivity index (χ2n) is 4.04. The van der Waals surface area contributed by atoms with Gasteiger partial charge in [-0.05, 0) is 38.2 Å². The van der Waals surface area contributed by atoms with Gasteiger partial charge in [-0.2, -0.15) is 0 Å². The number of benzene rings is 1. The lowest BCUT2D eigenvalue weighted by molar-refractivity contribution is -0.121. The summed E-state index contributed by atoms with van der Waals surface area (Å²) in [6.07, 6.45) is 0.211. The SMILES string of the molecule is CCOc1ccc(N2C(=O)C[C@H](NC)C2=O)cc1. The summed E-state index contributed by atoms with van der Waals surface area (Å²) in [6, 6.07) is 6.54. The highest BCUT2D eigenvalue weighted by molar-refractivity contribution is 6.22. The molecule has 0 bridgehead atoms. The fraction of sp³-hybridized carbons (Fsp3) is 0.385. The number of carbonyl (C=O) groups is 2. The molecule has 1 atom stereocenters. The van der Waals surface area contributed by atoms with Gasteiger partial charge < -0.3 is 10.1 Å². The fourth-order valence-corrected chi connectivity index (χ4v) is 1.99. The van der Waals surface area contributed by atoms with Crippen LogP contribution in [0.2, 0.25) is 0 Å². The molecule has 0 radical (unpaired) electrons. The first-order valence-electron chi connectivity index (χ1n) is 5.94. The summed E-state index contributed by atoms with van der Waals surface area (Å²) < 4.78 is 5.32. The summed E-state index contributed by atoms with van der Waals surface area (Å²) in [5.41, 5.74) is 0.589. The quantitative estimate of drug-likeness (QED) is 0.805. The first-order valence-corrected chi connectivity index (χ1v) is 5.94. The largest absolute Gasteiger partial charge is 0.494 e. The molecule has 0 aromatic heterocycles. The second-order valence-corrected chi connectivity index (χ2v) is 4.04. The van der Waals surface area contributed by atoms with Gasteiger partial charge in [0.25, 0.3) is 5.91 Å². The Morgan fingerprint density at radius 2 is 2.00 bits per heavy atom. The summed E-state index contributed by atoms with van der Waals surface area (Å²) >= 11 is 0. The Balaban J connectivity index is 2.21. The Bertz CT molecular complexity index is 456. The minimum Gasteiger partial charge on any atom is -0.494 e. The third-order valence-electron chi connectivity index (χ3n) is 2.90. The molecule has 1 saturated heterocycles. The van der Waals surface area contributed by atoms with Crippen LogP contribution in [0.15, 0.2) is 24.3 Å². The zero-order valence-electron chi connectivity index (χ0n) is 10.5. The van der Waals surface area contributed by atoms with Gasteiger partial charge in [0.05, 0.1) is 24.8 Å². The van der Waals surface area contributed by atoms with E-state index in [1.165, 1.54) is 4.90 Å². The van der Waals surface area contributed by atoms with Crippen molar-refractivity contribution in [3.05, 3.63) is 24.3 Å². The average molecular weight is 248 g/mol. The summed E-state index contributed by atoms with van der Waals surface area (Å²) in [7, 11) is 1.68. The van der Waals surface area contributed by atoms with Crippen LogP contribution in [0.3, 0.4) is 0 Å². The van der Waals surface area contributed by atoms with Gasteiger partial charge in [-0.15, -0.1) is 0 Å². The number of likely N-dealkylation sites (N-methyl/N-ethyl adjacent to an activating group) is 1. The van der Waals surface area contributed by atoms with Crippen LogP contribution in [0.4, 0.5) is 5.69 Å². The van der Waals surface area contributed by atoms with Crippen molar-refractivity contribution in [2.75, 3.05) is 18.6 Å². The number of nitrogens with one attached hydrogen (secondary N) is 1. The predicted molar refractivity (Wildman–Crippen MR) is 67.6 cm³/mol. The topological polar surface area (TPSA) is 58.6 Å². The lowest BCUT2D eigenvalue weighted by Gasteiger charge is -2.15. The summed E-state index contributed by atoms with van der Waals surface area (Å²) in [4.78, 5) is 25.0. The zero-order valence-corrected chi connectivity index (χ0v) is 10.5. The molecular weight excluding hydrogens is 232 g/mol. The average Bonchev–Trinajstić information content (AvgIpc) is 2.66. The van der Waals surface area contributed by atoms with E-state index in [4.69, 9.17) is 4.74 Å². The standard InChI is InChI=1S/C13H16N2O3/c1-3-18-10-6-4-9(5-7-10)15-12(16)8-11(14-2)13(15)17/h4-7,11,14H,3,8H2,1-2H3/t11-/m0/s1. The maximum absolute atomic E-state index is 12.0. The van der Waals surface area contributed by atoms with E-state index in [9.17, 15) is 9.59 Å². The van der Waals surface area contributed by atoms with Gasteiger partial charge in [0.1, 0.15) is 5.75 Å². The smallest absolute Gasteiger partial charge is 0.251 e.